The molecule has 2 aromatic rings. The van der Waals surface area contributed by atoms with Gasteiger partial charge in [0.15, 0.2) is 0 Å². The molecule has 0 aliphatic carbocycles. The van der Waals surface area contributed by atoms with Gasteiger partial charge >= 0.3 is 5.97 Å². The summed E-state index contributed by atoms with van der Waals surface area (Å²) in [5, 5.41) is 9.26. The van der Waals surface area contributed by atoms with Gasteiger partial charge in [-0.3, -0.25) is 9.59 Å². The zero-order valence-electron chi connectivity index (χ0n) is 14.3. The van der Waals surface area contributed by atoms with E-state index in [-0.39, 0.29) is 11.9 Å². The molecular formula is C19H20N4O3. The quantitative estimate of drug-likeness (QED) is 0.661. The Labute approximate surface area is 150 Å². The normalized spacial score (nSPS) is 22.3. The van der Waals surface area contributed by atoms with Crippen LogP contribution in [-0.4, -0.2) is 41.5 Å². The van der Waals surface area contributed by atoms with E-state index in [1.165, 1.54) is 0 Å². The summed E-state index contributed by atoms with van der Waals surface area (Å²) < 4.78 is 0. The van der Waals surface area contributed by atoms with Gasteiger partial charge < -0.3 is 10.0 Å². The summed E-state index contributed by atoms with van der Waals surface area (Å²) in [6, 6.07) is 12.7. The lowest BCUT2D eigenvalue weighted by Gasteiger charge is -2.25. The molecule has 2 aromatic carbocycles. The van der Waals surface area contributed by atoms with Crippen molar-refractivity contribution in [3.8, 4) is 11.1 Å². The molecule has 2 aliphatic heterocycles. The molecule has 26 heavy (non-hydrogen) atoms. The van der Waals surface area contributed by atoms with E-state index in [0.717, 1.165) is 40.8 Å². The second-order valence-corrected chi connectivity index (χ2v) is 6.68. The van der Waals surface area contributed by atoms with E-state index in [4.69, 9.17) is 0 Å². The zero-order valence-corrected chi connectivity index (χ0v) is 14.3. The highest BCUT2D eigenvalue weighted by atomic mass is 16.4. The van der Waals surface area contributed by atoms with Crippen molar-refractivity contribution < 1.29 is 14.7 Å². The molecule has 1 amide bonds. The molecule has 2 heterocycles. The Morgan fingerprint density at radius 1 is 1.12 bits per heavy atom. The van der Waals surface area contributed by atoms with Crippen molar-refractivity contribution >= 4 is 11.9 Å². The predicted molar refractivity (Wildman–Crippen MR) is 96.1 cm³/mol. The lowest BCUT2D eigenvalue weighted by Crippen LogP contribution is -2.38. The molecule has 4 N–H and O–H groups in total. The van der Waals surface area contributed by atoms with Crippen LogP contribution < -0.4 is 16.4 Å². The van der Waals surface area contributed by atoms with E-state index in [1.807, 2.05) is 43.4 Å². The van der Waals surface area contributed by atoms with Gasteiger partial charge in [-0.15, -0.1) is 0 Å². The summed E-state index contributed by atoms with van der Waals surface area (Å²) in [4.78, 5) is 25.2. The number of hydrogen-bond acceptors (Lipinski definition) is 5. The van der Waals surface area contributed by atoms with Crippen LogP contribution in [0.1, 0.15) is 27.5 Å². The molecule has 7 heteroatoms. The molecule has 0 spiro atoms. The van der Waals surface area contributed by atoms with E-state index >= 15 is 0 Å². The number of amides is 1. The first-order valence-corrected chi connectivity index (χ1v) is 8.52. The molecule has 134 valence electrons. The van der Waals surface area contributed by atoms with Crippen molar-refractivity contribution in [3.63, 3.8) is 0 Å². The predicted octanol–water partition coefficient (Wildman–Crippen LogP) is 1.09. The van der Waals surface area contributed by atoms with Crippen molar-refractivity contribution in [2.24, 2.45) is 0 Å². The average molecular weight is 352 g/mol. The maximum atomic E-state index is 12.2. The fourth-order valence-corrected chi connectivity index (χ4v) is 3.51. The van der Waals surface area contributed by atoms with Gasteiger partial charge in [-0.25, -0.2) is 10.9 Å². The molecule has 2 unspecified atom stereocenters. The molecule has 2 aliphatic rings. The fraction of sp³-hybridized carbons (Fsp3) is 0.263. The minimum absolute atomic E-state index is 0.0696. The van der Waals surface area contributed by atoms with Gasteiger partial charge in [0.2, 0.25) is 0 Å². The molecular weight excluding hydrogens is 332 g/mol. The summed E-state index contributed by atoms with van der Waals surface area (Å²) in [5.41, 5.74) is 13.1. The van der Waals surface area contributed by atoms with Crippen molar-refractivity contribution in [1.29, 1.82) is 0 Å². The van der Waals surface area contributed by atoms with Gasteiger partial charge in [0.1, 0.15) is 6.04 Å². The third kappa shape index (κ3) is 2.86. The SMILES string of the molecule is CN1CCc2cc(-c3ccc(C4NNNC4C(=O)O)cc3)ccc2C1=O. The lowest BCUT2D eigenvalue weighted by atomic mass is 9.93. The highest BCUT2D eigenvalue weighted by Gasteiger charge is 2.33. The number of likely N-dealkylation sites (N-methyl/N-ethyl adjacent to an activating group) is 1. The number of carbonyl (C=O) groups excluding carboxylic acids is 1. The number of hydrazine groups is 2. The summed E-state index contributed by atoms with van der Waals surface area (Å²) in [6.07, 6.45) is 0.854. The zero-order chi connectivity index (χ0) is 18.3. The maximum absolute atomic E-state index is 12.2. The van der Waals surface area contributed by atoms with E-state index in [9.17, 15) is 14.7 Å². The van der Waals surface area contributed by atoms with Crippen LogP contribution in [0.3, 0.4) is 0 Å². The van der Waals surface area contributed by atoms with Crippen LogP contribution in [0.2, 0.25) is 0 Å². The summed E-state index contributed by atoms with van der Waals surface area (Å²) in [6.45, 7) is 0.734. The first-order chi connectivity index (χ1) is 12.5. The van der Waals surface area contributed by atoms with Gasteiger partial charge in [0.25, 0.3) is 5.91 Å². The van der Waals surface area contributed by atoms with Crippen LogP contribution in [0.25, 0.3) is 11.1 Å². The van der Waals surface area contributed by atoms with Crippen molar-refractivity contribution in [1.82, 2.24) is 21.3 Å². The third-order valence-corrected chi connectivity index (χ3v) is 5.06. The Bertz CT molecular complexity index is 866. The van der Waals surface area contributed by atoms with E-state index in [0.29, 0.717) is 0 Å². The van der Waals surface area contributed by atoms with E-state index in [1.54, 1.807) is 4.90 Å². The molecule has 7 nitrogen and oxygen atoms in total. The van der Waals surface area contributed by atoms with Gasteiger partial charge in [-0.05, 0) is 34.7 Å². The Balaban J connectivity index is 1.60. The van der Waals surface area contributed by atoms with Crippen molar-refractivity contribution in [2.75, 3.05) is 13.6 Å². The number of nitrogens with one attached hydrogen (secondary N) is 3. The van der Waals surface area contributed by atoms with Crippen LogP contribution in [0.15, 0.2) is 42.5 Å². The number of rotatable bonds is 3. The number of nitrogens with zero attached hydrogens (tertiary/aromatic N) is 1. The highest BCUT2D eigenvalue weighted by Crippen LogP contribution is 2.28. The molecule has 0 radical (unpaired) electrons. The second-order valence-electron chi connectivity index (χ2n) is 6.68. The molecule has 1 saturated heterocycles. The van der Waals surface area contributed by atoms with Gasteiger partial charge in [0.05, 0.1) is 6.04 Å². The van der Waals surface area contributed by atoms with Gasteiger partial charge in [-0.1, -0.05) is 36.4 Å². The molecule has 0 bridgehead atoms. The molecule has 1 fully saturated rings. The molecule has 0 saturated carbocycles. The summed E-state index contributed by atoms with van der Waals surface area (Å²) in [5.74, 6) is -0.846. The number of carboxylic acids is 1. The third-order valence-electron chi connectivity index (χ3n) is 5.06. The Morgan fingerprint density at radius 3 is 2.58 bits per heavy atom. The van der Waals surface area contributed by atoms with Crippen LogP contribution in [0.5, 0.6) is 0 Å². The van der Waals surface area contributed by atoms with Crippen LogP contribution in [-0.2, 0) is 11.2 Å². The van der Waals surface area contributed by atoms with E-state index in [2.05, 4.69) is 22.5 Å². The average Bonchev–Trinajstić information content (AvgIpc) is 3.15. The molecule has 2 atom stereocenters. The number of carboxylic acid groups (broad SMARTS) is 1. The summed E-state index contributed by atoms with van der Waals surface area (Å²) in [7, 11) is 1.82. The first kappa shape index (κ1) is 16.7. The minimum Gasteiger partial charge on any atom is -0.480 e. The topological polar surface area (TPSA) is 93.7 Å². The van der Waals surface area contributed by atoms with Crippen LogP contribution in [0.4, 0.5) is 0 Å². The van der Waals surface area contributed by atoms with Gasteiger partial charge in [0, 0.05) is 19.2 Å². The number of carbonyl (C=O) groups is 2. The highest BCUT2D eigenvalue weighted by molar-refractivity contribution is 5.97. The van der Waals surface area contributed by atoms with Crippen molar-refractivity contribution in [2.45, 2.75) is 18.5 Å². The fourth-order valence-electron chi connectivity index (χ4n) is 3.51. The Hall–Kier alpha value is -2.74. The number of hydrogen-bond donors (Lipinski definition) is 4. The smallest absolute Gasteiger partial charge is 0.324 e. The largest absolute Gasteiger partial charge is 0.480 e. The maximum Gasteiger partial charge on any atom is 0.324 e. The molecule has 0 aromatic heterocycles. The number of fused-ring (bicyclic) bond motifs is 1. The minimum atomic E-state index is -0.916. The molecule has 4 rings (SSSR count). The second kappa shape index (κ2) is 6.53. The monoisotopic (exact) mass is 352 g/mol. The summed E-state index contributed by atoms with van der Waals surface area (Å²) >= 11 is 0. The van der Waals surface area contributed by atoms with Crippen LogP contribution in [0, 0.1) is 0 Å². The van der Waals surface area contributed by atoms with Gasteiger partial charge in [-0.2, -0.15) is 5.53 Å². The van der Waals surface area contributed by atoms with E-state index < -0.39 is 12.0 Å². The lowest BCUT2D eigenvalue weighted by molar-refractivity contribution is -0.139. The Kier molecular flexibility index (Phi) is 4.20. The Morgan fingerprint density at radius 2 is 1.85 bits per heavy atom. The standard InChI is InChI=1S/C19H20N4O3/c1-23-9-8-14-10-13(6-7-15(14)18(23)24)11-2-4-12(5-3-11)16-17(19(25)26)21-22-20-16/h2-7,10,16-17,20-22H,8-9H2,1H3,(H,25,26). The van der Waals surface area contributed by atoms with Crippen molar-refractivity contribution in [3.05, 3.63) is 59.2 Å². The first-order valence-electron chi connectivity index (χ1n) is 8.52. The number of benzene rings is 2. The van der Waals surface area contributed by atoms with Crippen LogP contribution >= 0.6 is 0 Å². The number of aliphatic carboxylic acids is 1.